The van der Waals surface area contributed by atoms with E-state index in [1.54, 1.807) is 30.3 Å². The Morgan fingerprint density at radius 1 is 0.935 bits per heavy atom. The number of carbonyl (C=O) groups is 2. The van der Waals surface area contributed by atoms with E-state index in [4.69, 9.17) is 0 Å². The van der Waals surface area contributed by atoms with Gasteiger partial charge in [0.05, 0.1) is 11.0 Å². The summed E-state index contributed by atoms with van der Waals surface area (Å²) in [5.74, 6) is 0.370. The number of fused-ring (bicyclic) bond motifs is 1. The number of para-hydroxylation sites is 2. The number of nitrogens with one attached hydrogen (secondary N) is 2. The SMILES string of the molecule is CC(C)c1ccc(NC(=O)c2ccc(C=CC(=O)c3nc4ccccc4[nH]3)cc2)cc1. The van der Waals surface area contributed by atoms with Crippen LogP contribution in [0.3, 0.4) is 0 Å². The van der Waals surface area contributed by atoms with Crippen LogP contribution in [-0.2, 0) is 0 Å². The van der Waals surface area contributed by atoms with Gasteiger partial charge >= 0.3 is 0 Å². The Morgan fingerprint density at radius 2 is 1.65 bits per heavy atom. The molecule has 4 aromatic rings. The minimum atomic E-state index is -0.206. The molecule has 0 spiro atoms. The molecule has 0 aliphatic heterocycles. The van der Waals surface area contributed by atoms with Gasteiger partial charge in [0.1, 0.15) is 0 Å². The lowest BCUT2D eigenvalue weighted by Crippen LogP contribution is -2.11. The van der Waals surface area contributed by atoms with E-state index >= 15 is 0 Å². The summed E-state index contributed by atoms with van der Waals surface area (Å²) in [5.41, 5.74) is 4.94. The van der Waals surface area contributed by atoms with Crippen molar-refractivity contribution in [1.82, 2.24) is 9.97 Å². The van der Waals surface area contributed by atoms with E-state index < -0.39 is 0 Å². The van der Waals surface area contributed by atoms with Gasteiger partial charge in [-0.25, -0.2) is 4.98 Å². The fourth-order valence-electron chi connectivity index (χ4n) is 3.22. The number of aromatic nitrogens is 2. The van der Waals surface area contributed by atoms with Gasteiger partial charge in [-0.1, -0.05) is 56.3 Å². The number of hydrogen-bond acceptors (Lipinski definition) is 3. The summed E-state index contributed by atoms with van der Waals surface area (Å²) in [5, 5.41) is 2.90. The molecule has 0 aliphatic rings. The maximum atomic E-state index is 12.5. The molecule has 0 atom stereocenters. The molecule has 2 N–H and O–H groups in total. The van der Waals surface area contributed by atoms with Crippen molar-refractivity contribution >= 4 is 34.5 Å². The molecule has 0 fully saturated rings. The minimum Gasteiger partial charge on any atom is -0.335 e. The van der Waals surface area contributed by atoms with Crippen LogP contribution in [-0.4, -0.2) is 21.7 Å². The van der Waals surface area contributed by atoms with Gasteiger partial charge in [-0.05, 0) is 59.5 Å². The number of benzene rings is 3. The van der Waals surface area contributed by atoms with Crippen molar-refractivity contribution in [3.8, 4) is 0 Å². The Morgan fingerprint density at radius 3 is 2.32 bits per heavy atom. The molecule has 3 aromatic carbocycles. The molecule has 5 nitrogen and oxygen atoms in total. The highest BCUT2D eigenvalue weighted by atomic mass is 16.1. The minimum absolute atomic E-state index is 0.175. The quantitative estimate of drug-likeness (QED) is 0.310. The molecular formula is C26H23N3O2. The second-order valence-electron chi connectivity index (χ2n) is 7.65. The number of aromatic amines is 1. The van der Waals surface area contributed by atoms with Crippen LogP contribution in [0, 0.1) is 0 Å². The molecule has 0 saturated heterocycles. The highest BCUT2D eigenvalue weighted by Crippen LogP contribution is 2.18. The van der Waals surface area contributed by atoms with Crippen LogP contribution in [0.15, 0.2) is 78.9 Å². The Hall–Kier alpha value is -3.99. The predicted octanol–water partition coefficient (Wildman–Crippen LogP) is 5.83. The van der Waals surface area contributed by atoms with E-state index in [9.17, 15) is 9.59 Å². The summed E-state index contributed by atoms with van der Waals surface area (Å²) in [6, 6.07) is 22.5. The van der Waals surface area contributed by atoms with Crippen molar-refractivity contribution < 1.29 is 9.59 Å². The van der Waals surface area contributed by atoms with Crippen LogP contribution in [0.1, 0.15) is 51.9 Å². The molecule has 154 valence electrons. The first-order chi connectivity index (χ1) is 15.0. The van der Waals surface area contributed by atoms with Gasteiger partial charge in [0.25, 0.3) is 5.91 Å². The third kappa shape index (κ3) is 4.78. The second-order valence-corrected chi connectivity index (χ2v) is 7.65. The molecule has 4 rings (SSSR count). The maximum Gasteiger partial charge on any atom is 0.255 e. The maximum absolute atomic E-state index is 12.5. The van der Waals surface area contributed by atoms with E-state index in [1.807, 2.05) is 48.5 Å². The second kappa shape index (κ2) is 8.79. The Labute approximate surface area is 180 Å². The topological polar surface area (TPSA) is 74.8 Å². The molecule has 0 radical (unpaired) electrons. The standard InChI is InChI=1S/C26H23N3O2/c1-17(2)19-12-14-21(15-13-19)27-26(31)20-10-7-18(8-11-20)9-16-24(30)25-28-22-5-3-4-6-23(22)29-25/h3-17H,1-2H3,(H,27,31)(H,28,29). The van der Waals surface area contributed by atoms with Crippen LogP contribution >= 0.6 is 0 Å². The van der Waals surface area contributed by atoms with E-state index in [2.05, 4.69) is 29.1 Å². The molecule has 0 aliphatic carbocycles. The molecule has 31 heavy (non-hydrogen) atoms. The van der Waals surface area contributed by atoms with Gasteiger partial charge in [0.2, 0.25) is 5.78 Å². The number of amides is 1. The lowest BCUT2D eigenvalue weighted by atomic mass is 10.0. The van der Waals surface area contributed by atoms with Crippen LogP contribution < -0.4 is 5.32 Å². The van der Waals surface area contributed by atoms with Gasteiger partial charge in [0, 0.05) is 11.3 Å². The van der Waals surface area contributed by atoms with E-state index in [1.165, 1.54) is 11.6 Å². The summed E-state index contributed by atoms with van der Waals surface area (Å²) < 4.78 is 0. The largest absolute Gasteiger partial charge is 0.335 e. The van der Waals surface area contributed by atoms with Crippen molar-refractivity contribution in [2.24, 2.45) is 0 Å². The number of allylic oxidation sites excluding steroid dienone is 1. The summed E-state index contributed by atoms with van der Waals surface area (Å²) in [6.45, 7) is 4.27. The van der Waals surface area contributed by atoms with Gasteiger partial charge in [0.15, 0.2) is 5.82 Å². The van der Waals surface area contributed by atoms with Crippen LogP contribution in [0.2, 0.25) is 0 Å². The van der Waals surface area contributed by atoms with Crippen LogP contribution in [0.25, 0.3) is 17.1 Å². The molecule has 1 heterocycles. The summed E-state index contributed by atoms with van der Waals surface area (Å²) in [7, 11) is 0. The number of nitrogens with zero attached hydrogens (tertiary/aromatic N) is 1. The van der Waals surface area contributed by atoms with E-state index in [0.29, 0.717) is 17.3 Å². The van der Waals surface area contributed by atoms with Crippen LogP contribution in [0.4, 0.5) is 5.69 Å². The highest BCUT2D eigenvalue weighted by Gasteiger charge is 2.09. The average Bonchev–Trinajstić information content (AvgIpc) is 3.22. The number of rotatable bonds is 6. The van der Waals surface area contributed by atoms with Crippen molar-refractivity contribution in [3.05, 3.63) is 101 Å². The number of carbonyl (C=O) groups excluding carboxylic acids is 2. The van der Waals surface area contributed by atoms with Gasteiger partial charge in [-0.3, -0.25) is 9.59 Å². The van der Waals surface area contributed by atoms with Gasteiger partial charge < -0.3 is 10.3 Å². The molecule has 1 amide bonds. The highest BCUT2D eigenvalue weighted by molar-refractivity contribution is 6.06. The lowest BCUT2D eigenvalue weighted by molar-refractivity contribution is 0.102. The third-order valence-electron chi connectivity index (χ3n) is 5.06. The van der Waals surface area contributed by atoms with Gasteiger partial charge in [-0.2, -0.15) is 0 Å². The molecule has 1 aromatic heterocycles. The number of anilines is 1. The number of ketones is 1. The predicted molar refractivity (Wildman–Crippen MR) is 124 cm³/mol. The number of imidazole rings is 1. The van der Waals surface area contributed by atoms with Crippen molar-refractivity contribution in [3.63, 3.8) is 0 Å². The first-order valence-corrected chi connectivity index (χ1v) is 10.2. The first-order valence-electron chi connectivity index (χ1n) is 10.2. The monoisotopic (exact) mass is 409 g/mol. The lowest BCUT2D eigenvalue weighted by Gasteiger charge is -2.08. The fourth-order valence-corrected chi connectivity index (χ4v) is 3.22. The normalized spacial score (nSPS) is 11.3. The van der Waals surface area contributed by atoms with Crippen LogP contribution in [0.5, 0.6) is 0 Å². The Kier molecular flexibility index (Phi) is 5.76. The van der Waals surface area contributed by atoms with Crippen molar-refractivity contribution in [1.29, 1.82) is 0 Å². The van der Waals surface area contributed by atoms with Gasteiger partial charge in [-0.15, -0.1) is 0 Å². The molecule has 0 unspecified atom stereocenters. The number of H-pyrrole nitrogens is 1. The zero-order chi connectivity index (χ0) is 21.8. The summed E-state index contributed by atoms with van der Waals surface area (Å²) in [6.07, 6.45) is 3.19. The summed E-state index contributed by atoms with van der Waals surface area (Å²) >= 11 is 0. The molecule has 0 saturated carbocycles. The van der Waals surface area contributed by atoms with Crippen molar-refractivity contribution in [2.75, 3.05) is 5.32 Å². The average molecular weight is 409 g/mol. The molecular weight excluding hydrogens is 386 g/mol. The Bertz CT molecular complexity index is 1220. The third-order valence-corrected chi connectivity index (χ3v) is 5.06. The Balaban J connectivity index is 1.40. The van der Waals surface area contributed by atoms with E-state index in [-0.39, 0.29) is 11.7 Å². The number of hydrogen-bond donors (Lipinski definition) is 2. The fraction of sp³-hybridized carbons (Fsp3) is 0.115. The smallest absolute Gasteiger partial charge is 0.255 e. The molecule has 0 bridgehead atoms. The van der Waals surface area contributed by atoms with Crippen molar-refractivity contribution in [2.45, 2.75) is 19.8 Å². The summed E-state index contributed by atoms with van der Waals surface area (Å²) in [4.78, 5) is 32.2. The van der Waals surface area contributed by atoms with E-state index in [0.717, 1.165) is 22.3 Å². The zero-order valence-corrected chi connectivity index (χ0v) is 17.4. The first kappa shape index (κ1) is 20.3. The molecule has 5 heteroatoms. The zero-order valence-electron chi connectivity index (χ0n) is 17.4.